The normalized spacial score (nSPS) is 10.6. The zero-order chi connectivity index (χ0) is 15.2. The molecule has 120 valence electrons. The van der Waals surface area contributed by atoms with Gasteiger partial charge in [0.05, 0.1) is 17.6 Å². The van der Waals surface area contributed by atoms with Crippen molar-refractivity contribution in [2.75, 3.05) is 33.0 Å². The number of carbonyl (C=O) groups is 1. The molecule has 0 saturated carbocycles. The van der Waals surface area contributed by atoms with Crippen LogP contribution in [0.2, 0.25) is 0 Å². The fourth-order valence-electron chi connectivity index (χ4n) is 1.63. The van der Waals surface area contributed by atoms with Gasteiger partial charge in [-0.1, -0.05) is 6.92 Å². The van der Waals surface area contributed by atoms with Crippen LogP contribution >= 0.6 is 12.4 Å². The van der Waals surface area contributed by atoms with Crippen molar-refractivity contribution in [3.8, 4) is 5.75 Å². The van der Waals surface area contributed by atoms with Gasteiger partial charge in [0.1, 0.15) is 5.75 Å². The van der Waals surface area contributed by atoms with Crippen molar-refractivity contribution in [2.24, 2.45) is 0 Å². The van der Waals surface area contributed by atoms with Crippen LogP contribution < -0.4 is 15.4 Å². The van der Waals surface area contributed by atoms with Crippen LogP contribution in [0, 0.1) is 0 Å². The van der Waals surface area contributed by atoms with Crippen molar-refractivity contribution in [2.45, 2.75) is 11.8 Å². The molecule has 1 aromatic carbocycles. The highest BCUT2D eigenvalue weighted by molar-refractivity contribution is 7.90. The summed E-state index contributed by atoms with van der Waals surface area (Å²) in [5.41, 5.74) is 0.215. The lowest BCUT2D eigenvalue weighted by atomic mass is 10.2. The maximum Gasteiger partial charge on any atom is 0.255 e. The Morgan fingerprint density at radius 3 is 2.48 bits per heavy atom. The van der Waals surface area contributed by atoms with Crippen molar-refractivity contribution in [1.82, 2.24) is 10.6 Å². The van der Waals surface area contributed by atoms with E-state index in [4.69, 9.17) is 4.74 Å². The minimum absolute atomic E-state index is 0. The minimum Gasteiger partial charge on any atom is -0.496 e. The fourth-order valence-corrected chi connectivity index (χ4v) is 2.28. The smallest absolute Gasteiger partial charge is 0.255 e. The molecule has 0 fully saturated rings. The lowest BCUT2D eigenvalue weighted by molar-refractivity contribution is 0.0950. The molecule has 0 aromatic heterocycles. The molecule has 0 spiro atoms. The Bertz CT molecular complexity index is 576. The van der Waals surface area contributed by atoms with E-state index in [0.29, 0.717) is 18.8 Å². The standard InChI is InChI=1S/C13H20N2O4S.ClH/c1-4-14-7-8-15-13(16)11-9-10(20(3,17)18)5-6-12(11)19-2;/h5-6,9,14H,4,7-8H2,1-3H3,(H,15,16);1H. The number of nitrogens with one attached hydrogen (secondary N) is 2. The van der Waals surface area contributed by atoms with Gasteiger partial charge in [-0.2, -0.15) is 0 Å². The first-order chi connectivity index (χ1) is 9.40. The molecular weight excluding hydrogens is 316 g/mol. The lowest BCUT2D eigenvalue weighted by Gasteiger charge is -2.11. The molecule has 6 nitrogen and oxygen atoms in total. The van der Waals surface area contributed by atoms with Crippen LogP contribution in [-0.2, 0) is 9.84 Å². The van der Waals surface area contributed by atoms with Crippen LogP contribution in [0.25, 0.3) is 0 Å². The molecule has 0 saturated heterocycles. The third-order valence-electron chi connectivity index (χ3n) is 2.68. The molecule has 0 bridgehead atoms. The second-order valence-electron chi connectivity index (χ2n) is 4.24. The number of carbonyl (C=O) groups excluding carboxylic acids is 1. The van der Waals surface area contributed by atoms with Crippen LogP contribution in [0.1, 0.15) is 17.3 Å². The lowest BCUT2D eigenvalue weighted by Crippen LogP contribution is -2.32. The van der Waals surface area contributed by atoms with Crippen LogP contribution in [-0.4, -0.2) is 47.3 Å². The average Bonchev–Trinajstić information content (AvgIpc) is 2.41. The number of hydrogen-bond donors (Lipinski definition) is 2. The van der Waals surface area contributed by atoms with E-state index in [0.717, 1.165) is 12.8 Å². The Morgan fingerprint density at radius 1 is 1.29 bits per heavy atom. The van der Waals surface area contributed by atoms with E-state index >= 15 is 0 Å². The topological polar surface area (TPSA) is 84.5 Å². The Kier molecular flexibility index (Phi) is 8.31. The number of ether oxygens (including phenoxy) is 1. The summed E-state index contributed by atoms with van der Waals surface area (Å²) in [6.07, 6.45) is 1.10. The molecule has 8 heteroatoms. The quantitative estimate of drug-likeness (QED) is 0.721. The summed E-state index contributed by atoms with van der Waals surface area (Å²) < 4.78 is 28.1. The van der Waals surface area contributed by atoms with Gasteiger partial charge in [0.2, 0.25) is 0 Å². The van der Waals surface area contributed by atoms with Gasteiger partial charge in [0, 0.05) is 19.3 Å². The molecule has 21 heavy (non-hydrogen) atoms. The van der Waals surface area contributed by atoms with Gasteiger partial charge in [-0.05, 0) is 24.7 Å². The van der Waals surface area contributed by atoms with Gasteiger partial charge < -0.3 is 15.4 Å². The zero-order valence-electron chi connectivity index (χ0n) is 12.3. The van der Waals surface area contributed by atoms with E-state index in [9.17, 15) is 13.2 Å². The summed E-state index contributed by atoms with van der Waals surface area (Å²) in [4.78, 5) is 12.1. The van der Waals surface area contributed by atoms with Gasteiger partial charge in [-0.25, -0.2) is 8.42 Å². The molecule has 0 unspecified atom stereocenters. The number of amides is 1. The SMILES string of the molecule is CCNCCNC(=O)c1cc(S(C)(=O)=O)ccc1OC.Cl. The molecule has 0 aliphatic rings. The fraction of sp³-hybridized carbons (Fsp3) is 0.462. The molecule has 0 radical (unpaired) electrons. The van der Waals surface area contributed by atoms with E-state index in [-0.39, 0.29) is 28.8 Å². The molecule has 1 amide bonds. The predicted molar refractivity (Wildman–Crippen MR) is 84.2 cm³/mol. The molecule has 0 atom stereocenters. The van der Waals surface area contributed by atoms with E-state index in [1.54, 1.807) is 0 Å². The highest BCUT2D eigenvalue weighted by atomic mass is 35.5. The monoisotopic (exact) mass is 336 g/mol. The largest absolute Gasteiger partial charge is 0.496 e. The number of likely N-dealkylation sites (N-methyl/N-ethyl adjacent to an activating group) is 1. The first-order valence-electron chi connectivity index (χ1n) is 6.27. The van der Waals surface area contributed by atoms with E-state index in [1.807, 2.05) is 6.92 Å². The zero-order valence-corrected chi connectivity index (χ0v) is 13.9. The van der Waals surface area contributed by atoms with E-state index in [1.165, 1.54) is 25.3 Å². The predicted octanol–water partition coefficient (Wildman–Crippen LogP) is 0.860. The van der Waals surface area contributed by atoms with Crippen LogP contribution in [0.5, 0.6) is 5.75 Å². The number of rotatable bonds is 7. The highest BCUT2D eigenvalue weighted by Crippen LogP contribution is 2.22. The van der Waals surface area contributed by atoms with Gasteiger partial charge in [-0.3, -0.25) is 4.79 Å². The number of halogens is 1. The number of hydrogen-bond acceptors (Lipinski definition) is 5. The van der Waals surface area contributed by atoms with Crippen molar-refractivity contribution in [3.63, 3.8) is 0 Å². The summed E-state index contributed by atoms with van der Waals surface area (Å²) in [5, 5.41) is 5.79. The van der Waals surface area contributed by atoms with Crippen molar-refractivity contribution < 1.29 is 17.9 Å². The summed E-state index contributed by atoms with van der Waals surface area (Å²) in [7, 11) is -1.93. The summed E-state index contributed by atoms with van der Waals surface area (Å²) >= 11 is 0. The van der Waals surface area contributed by atoms with Gasteiger partial charge in [-0.15, -0.1) is 12.4 Å². The summed E-state index contributed by atoms with van der Waals surface area (Å²) in [6, 6.07) is 4.23. The molecule has 1 aromatic rings. The highest BCUT2D eigenvalue weighted by Gasteiger charge is 2.16. The average molecular weight is 337 g/mol. The van der Waals surface area contributed by atoms with Crippen LogP contribution in [0.3, 0.4) is 0 Å². The van der Waals surface area contributed by atoms with E-state index < -0.39 is 9.84 Å². The molecule has 0 aliphatic carbocycles. The number of methoxy groups -OCH3 is 1. The van der Waals surface area contributed by atoms with Crippen molar-refractivity contribution in [3.05, 3.63) is 23.8 Å². The first-order valence-corrected chi connectivity index (χ1v) is 8.16. The third kappa shape index (κ3) is 5.91. The van der Waals surface area contributed by atoms with Crippen molar-refractivity contribution >= 4 is 28.2 Å². The first kappa shape index (κ1) is 19.7. The summed E-state index contributed by atoms with van der Waals surface area (Å²) in [6.45, 7) is 3.90. The number of benzene rings is 1. The maximum absolute atomic E-state index is 12.1. The maximum atomic E-state index is 12.1. The Labute approximate surface area is 131 Å². The van der Waals surface area contributed by atoms with Crippen molar-refractivity contribution in [1.29, 1.82) is 0 Å². The Balaban J connectivity index is 0.00000400. The second kappa shape index (κ2) is 8.86. The van der Waals surface area contributed by atoms with Gasteiger partial charge in [0.25, 0.3) is 5.91 Å². The minimum atomic E-state index is -3.36. The second-order valence-corrected chi connectivity index (χ2v) is 6.26. The van der Waals surface area contributed by atoms with E-state index in [2.05, 4.69) is 10.6 Å². The molecule has 1 rings (SSSR count). The molecular formula is C13H21ClN2O4S. The molecule has 0 aliphatic heterocycles. The number of sulfone groups is 1. The van der Waals surface area contributed by atoms with Crippen LogP contribution in [0.4, 0.5) is 0 Å². The Morgan fingerprint density at radius 2 is 1.95 bits per heavy atom. The summed E-state index contributed by atoms with van der Waals surface area (Å²) in [5.74, 6) is -0.0106. The molecule has 0 heterocycles. The molecule has 2 N–H and O–H groups in total. The third-order valence-corrected chi connectivity index (χ3v) is 3.79. The van der Waals surface area contributed by atoms with Crippen LogP contribution in [0.15, 0.2) is 23.1 Å². The van der Waals surface area contributed by atoms with Gasteiger partial charge >= 0.3 is 0 Å². The van der Waals surface area contributed by atoms with Gasteiger partial charge in [0.15, 0.2) is 9.84 Å². The Hall–Kier alpha value is -1.31.